The van der Waals surface area contributed by atoms with Gasteiger partial charge in [-0.05, 0) is 24.6 Å². The van der Waals surface area contributed by atoms with Crippen LogP contribution in [0.1, 0.15) is 18.4 Å². The van der Waals surface area contributed by atoms with E-state index in [0.717, 1.165) is 6.07 Å². The molecule has 8 nitrogen and oxygen atoms in total. The van der Waals surface area contributed by atoms with Gasteiger partial charge in [0.05, 0.1) is 18.2 Å². The van der Waals surface area contributed by atoms with Crippen LogP contribution in [0.4, 0.5) is 4.39 Å². The molecule has 1 saturated heterocycles. The first-order valence-corrected chi connectivity index (χ1v) is 8.89. The third-order valence-corrected chi connectivity index (χ3v) is 5.34. The van der Waals surface area contributed by atoms with Crippen molar-refractivity contribution in [3.63, 3.8) is 0 Å². The number of halogens is 1. The summed E-state index contributed by atoms with van der Waals surface area (Å²) in [6, 6.07) is 4.98. The lowest BCUT2D eigenvalue weighted by Gasteiger charge is -2.35. The van der Waals surface area contributed by atoms with Gasteiger partial charge in [0, 0.05) is 12.1 Å². The molecule has 4 N–H and O–H groups in total. The van der Waals surface area contributed by atoms with Crippen LogP contribution < -0.4 is 11.5 Å². The zero-order valence-corrected chi connectivity index (χ0v) is 15.5. The maximum atomic E-state index is 14.8. The van der Waals surface area contributed by atoms with Crippen molar-refractivity contribution >= 4 is 17.8 Å². The van der Waals surface area contributed by atoms with Crippen LogP contribution in [0.3, 0.4) is 0 Å². The van der Waals surface area contributed by atoms with E-state index in [9.17, 15) is 24.0 Å². The Kier molecular flexibility index (Phi) is 5.12. The number of esters is 1. The summed E-state index contributed by atoms with van der Waals surface area (Å²) in [6.07, 6.45) is 4.13. The fourth-order valence-electron chi connectivity index (χ4n) is 4.24. The molecule has 0 aliphatic carbocycles. The first kappa shape index (κ1) is 20.1. The molecule has 2 amide bonds. The van der Waals surface area contributed by atoms with Crippen molar-refractivity contribution in [3.8, 4) is 6.07 Å². The average Bonchev–Trinajstić information content (AvgIpc) is 2.99. The van der Waals surface area contributed by atoms with Crippen molar-refractivity contribution in [3.05, 3.63) is 59.6 Å². The van der Waals surface area contributed by atoms with Gasteiger partial charge in [-0.2, -0.15) is 5.26 Å². The van der Waals surface area contributed by atoms with Crippen molar-refractivity contribution in [1.29, 1.82) is 5.26 Å². The van der Waals surface area contributed by atoms with Crippen LogP contribution in [0.25, 0.3) is 0 Å². The van der Waals surface area contributed by atoms with Crippen LogP contribution in [0.15, 0.2) is 48.2 Å². The third-order valence-electron chi connectivity index (χ3n) is 5.34. The standard InChI is InChI=1S/C20H19FN4O4/c1-2-29-19(28)20(18(24)27)14-8-7-11(9-22)10-25(14)16(17(23)26)15(20)12-5-3-4-6-13(12)21/h3-8,10,14-16H,2H2,1H3,(H2,23,26)(H2,24,27)/t14-,15-,16-,20-/m0/s1. The molecule has 2 aliphatic heterocycles. The van der Waals surface area contributed by atoms with Gasteiger partial charge in [-0.25, -0.2) is 4.39 Å². The number of carbonyl (C=O) groups is 3. The molecule has 29 heavy (non-hydrogen) atoms. The smallest absolute Gasteiger partial charge is 0.324 e. The van der Waals surface area contributed by atoms with E-state index in [2.05, 4.69) is 0 Å². The summed E-state index contributed by atoms with van der Waals surface area (Å²) in [5.74, 6) is -5.06. The number of hydrogen-bond donors (Lipinski definition) is 2. The number of carbonyl (C=O) groups excluding carboxylic acids is 3. The van der Waals surface area contributed by atoms with Gasteiger partial charge in [0.2, 0.25) is 11.8 Å². The van der Waals surface area contributed by atoms with Gasteiger partial charge in [-0.3, -0.25) is 14.4 Å². The van der Waals surface area contributed by atoms with Crippen LogP contribution in [0.2, 0.25) is 0 Å². The molecular formula is C20H19FN4O4. The van der Waals surface area contributed by atoms with E-state index in [-0.39, 0.29) is 17.7 Å². The molecule has 3 rings (SSSR count). The fraction of sp³-hybridized carbons (Fsp3) is 0.300. The van der Waals surface area contributed by atoms with Gasteiger partial charge in [-0.15, -0.1) is 0 Å². The number of amides is 2. The van der Waals surface area contributed by atoms with E-state index in [4.69, 9.17) is 16.2 Å². The lowest BCUT2D eigenvalue weighted by Crippen LogP contribution is -2.55. The second kappa shape index (κ2) is 7.39. The Morgan fingerprint density at radius 3 is 2.55 bits per heavy atom. The van der Waals surface area contributed by atoms with Gasteiger partial charge in [0.1, 0.15) is 17.9 Å². The molecule has 0 bridgehead atoms. The first-order valence-electron chi connectivity index (χ1n) is 8.89. The van der Waals surface area contributed by atoms with Crippen molar-refractivity contribution in [2.45, 2.75) is 24.9 Å². The number of hydrogen-bond acceptors (Lipinski definition) is 6. The molecule has 0 unspecified atom stereocenters. The molecule has 2 heterocycles. The monoisotopic (exact) mass is 398 g/mol. The highest BCUT2D eigenvalue weighted by Gasteiger charge is 2.69. The summed E-state index contributed by atoms with van der Waals surface area (Å²) >= 11 is 0. The number of nitrogens with zero attached hydrogens (tertiary/aromatic N) is 2. The summed E-state index contributed by atoms with van der Waals surface area (Å²) < 4.78 is 19.9. The number of benzene rings is 1. The zero-order chi connectivity index (χ0) is 21.3. The summed E-state index contributed by atoms with van der Waals surface area (Å²) in [6.45, 7) is 1.49. The highest BCUT2D eigenvalue weighted by molar-refractivity contribution is 6.06. The van der Waals surface area contributed by atoms with Crippen LogP contribution in [-0.4, -0.2) is 41.4 Å². The van der Waals surface area contributed by atoms with Gasteiger partial charge >= 0.3 is 5.97 Å². The van der Waals surface area contributed by atoms with Crippen molar-refractivity contribution in [2.75, 3.05) is 6.61 Å². The second-order valence-electron chi connectivity index (χ2n) is 6.75. The predicted octanol–water partition coefficient (Wildman–Crippen LogP) is 0.459. The molecule has 150 valence electrons. The number of nitriles is 1. The van der Waals surface area contributed by atoms with E-state index >= 15 is 0 Å². The van der Waals surface area contributed by atoms with Gasteiger partial charge in [0.25, 0.3) is 0 Å². The van der Waals surface area contributed by atoms with Crippen molar-refractivity contribution < 1.29 is 23.5 Å². The molecule has 1 aromatic carbocycles. The molecule has 0 radical (unpaired) electrons. The summed E-state index contributed by atoms with van der Waals surface area (Å²) in [4.78, 5) is 39.7. The third kappa shape index (κ3) is 2.84. The summed E-state index contributed by atoms with van der Waals surface area (Å²) in [7, 11) is 0. The minimum absolute atomic E-state index is 0.0607. The minimum Gasteiger partial charge on any atom is -0.465 e. The Bertz CT molecular complexity index is 983. The molecule has 4 atom stereocenters. The number of fused-ring (bicyclic) bond motifs is 1. The van der Waals surface area contributed by atoms with E-state index in [1.54, 1.807) is 6.92 Å². The molecular weight excluding hydrogens is 379 g/mol. The Labute approximate surface area is 166 Å². The Morgan fingerprint density at radius 1 is 1.31 bits per heavy atom. The quantitative estimate of drug-likeness (QED) is 0.545. The van der Waals surface area contributed by atoms with Crippen LogP contribution in [0, 0.1) is 22.6 Å². The molecule has 1 fully saturated rings. The highest BCUT2D eigenvalue weighted by Crippen LogP contribution is 2.54. The van der Waals surface area contributed by atoms with Gasteiger partial charge in [0.15, 0.2) is 5.41 Å². The minimum atomic E-state index is -2.13. The molecule has 0 saturated carbocycles. The van der Waals surface area contributed by atoms with E-state index in [1.807, 2.05) is 6.07 Å². The normalized spacial score (nSPS) is 27.6. The van der Waals surface area contributed by atoms with Crippen molar-refractivity contribution in [1.82, 2.24) is 4.90 Å². The fourth-order valence-corrected chi connectivity index (χ4v) is 4.24. The number of allylic oxidation sites excluding steroid dienone is 2. The number of primary amides is 2. The average molecular weight is 398 g/mol. The Morgan fingerprint density at radius 2 is 2.00 bits per heavy atom. The van der Waals surface area contributed by atoms with Crippen LogP contribution in [-0.2, 0) is 19.1 Å². The predicted molar refractivity (Wildman–Crippen MR) is 98.8 cm³/mol. The zero-order valence-electron chi connectivity index (χ0n) is 15.5. The van der Waals surface area contributed by atoms with E-state index < -0.39 is 47.0 Å². The SMILES string of the molecule is CCOC(=O)[C@@]1(C(N)=O)[C@@H]2C=CC(C#N)=CN2[C@H](C(N)=O)[C@@H]1c1ccccc1F. The summed E-state index contributed by atoms with van der Waals surface area (Å²) in [5, 5.41) is 9.24. The molecule has 0 aromatic heterocycles. The van der Waals surface area contributed by atoms with Gasteiger partial charge in [-0.1, -0.05) is 24.3 Å². The lowest BCUT2D eigenvalue weighted by molar-refractivity contribution is -0.161. The van der Waals surface area contributed by atoms with Crippen molar-refractivity contribution in [2.24, 2.45) is 16.9 Å². The van der Waals surface area contributed by atoms with E-state index in [1.165, 1.54) is 41.5 Å². The summed E-state index contributed by atoms with van der Waals surface area (Å²) in [5.41, 5.74) is 9.30. The van der Waals surface area contributed by atoms with Crippen LogP contribution >= 0.6 is 0 Å². The number of ether oxygens (including phenoxy) is 1. The second-order valence-corrected chi connectivity index (χ2v) is 6.75. The number of rotatable bonds is 5. The number of nitrogens with two attached hydrogens (primary N) is 2. The first-order chi connectivity index (χ1) is 13.8. The largest absolute Gasteiger partial charge is 0.465 e. The molecule has 0 spiro atoms. The lowest BCUT2D eigenvalue weighted by atomic mass is 9.67. The molecule has 9 heteroatoms. The highest BCUT2D eigenvalue weighted by atomic mass is 19.1. The topological polar surface area (TPSA) is 140 Å². The van der Waals surface area contributed by atoms with Gasteiger partial charge < -0.3 is 21.1 Å². The maximum Gasteiger partial charge on any atom is 0.324 e. The Balaban J connectivity index is 2.37. The molecule has 2 aliphatic rings. The maximum absolute atomic E-state index is 14.8. The Hall–Kier alpha value is -3.67. The van der Waals surface area contributed by atoms with E-state index in [0.29, 0.717) is 0 Å². The van der Waals surface area contributed by atoms with Crippen LogP contribution in [0.5, 0.6) is 0 Å². The molecule has 1 aromatic rings.